The highest BCUT2D eigenvalue weighted by molar-refractivity contribution is 5.40. The molecule has 0 unspecified atom stereocenters. The Bertz CT molecular complexity index is 312. The van der Waals surface area contributed by atoms with Gasteiger partial charge in [0.15, 0.2) is 5.82 Å². The van der Waals surface area contributed by atoms with E-state index in [1.165, 1.54) is 25.0 Å². The van der Waals surface area contributed by atoms with Gasteiger partial charge in [-0.3, -0.25) is 4.68 Å². The van der Waals surface area contributed by atoms with Crippen molar-refractivity contribution in [1.29, 1.82) is 0 Å². The second-order valence-electron chi connectivity index (χ2n) is 4.20. The quantitative estimate of drug-likeness (QED) is 0.803. The third kappa shape index (κ3) is 2.31. The fourth-order valence-corrected chi connectivity index (χ4v) is 2.15. The van der Waals surface area contributed by atoms with Crippen molar-refractivity contribution in [3.63, 3.8) is 0 Å². The minimum absolute atomic E-state index is 0.693. The molecule has 4 heteroatoms. The summed E-state index contributed by atoms with van der Waals surface area (Å²) in [7, 11) is 2.00. The average molecular weight is 208 g/mol. The van der Waals surface area contributed by atoms with Crippen LogP contribution in [0.2, 0.25) is 0 Å². The van der Waals surface area contributed by atoms with Crippen molar-refractivity contribution >= 4 is 5.82 Å². The third-order valence-corrected chi connectivity index (χ3v) is 3.04. The van der Waals surface area contributed by atoms with Crippen LogP contribution < -0.4 is 10.6 Å². The van der Waals surface area contributed by atoms with Crippen molar-refractivity contribution in [3.05, 3.63) is 11.8 Å². The molecule has 15 heavy (non-hydrogen) atoms. The summed E-state index contributed by atoms with van der Waals surface area (Å²) in [5, 5.41) is 4.54. The van der Waals surface area contributed by atoms with Crippen LogP contribution in [0.4, 0.5) is 5.82 Å². The summed E-state index contributed by atoms with van der Waals surface area (Å²) >= 11 is 0. The first-order valence-electron chi connectivity index (χ1n) is 5.79. The monoisotopic (exact) mass is 208 g/mol. The molecule has 2 heterocycles. The predicted molar refractivity (Wildman–Crippen MR) is 62.0 cm³/mol. The molecule has 0 atom stereocenters. The molecule has 2 N–H and O–H groups in total. The normalized spacial score (nSPS) is 17.1. The van der Waals surface area contributed by atoms with Gasteiger partial charge in [-0.2, -0.15) is 5.10 Å². The van der Waals surface area contributed by atoms with Crippen LogP contribution in [0.1, 0.15) is 25.0 Å². The number of hydrogen-bond acceptors (Lipinski definition) is 3. The Morgan fingerprint density at radius 3 is 2.73 bits per heavy atom. The lowest BCUT2D eigenvalue weighted by Gasteiger charge is -2.26. The van der Waals surface area contributed by atoms with Crippen molar-refractivity contribution in [2.45, 2.75) is 25.7 Å². The Balaban J connectivity index is 2.10. The lowest BCUT2D eigenvalue weighted by molar-refractivity contribution is 0.569. The zero-order chi connectivity index (χ0) is 10.7. The van der Waals surface area contributed by atoms with Crippen LogP contribution in [0.15, 0.2) is 6.07 Å². The second-order valence-corrected chi connectivity index (χ2v) is 4.20. The average Bonchev–Trinajstić information content (AvgIpc) is 2.63. The standard InChI is InChI=1S/C11H20N4/c1-14-10(5-6-12)9-11(13-14)15-7-3-2-4-8-15/h9H,2-8,12H2,1H3. The highest BCUT2D eigenvalue weighted by Gasteiger charge is 2.14. The fraction of sp³-hybridized carbons (Fsp3) is 0.727. The van der Waals surface area contributed by atoms with E-state index in [2.05, 4.69) is 16.1 Å². The summed E-state index contributed by atoms with van der Waals surface area (Å²) in [5.41, 5.74) is 6.80. The predicted octanol–water partition coefficient (Wildman–Crippen LogP) is 0.912. The number of rotatable bonds is 3. The highest BCUT2D eigenvalue weighted by Crippen LogP contribution is 2.19. The lowest BCUT2D eigenvalue weighted by Crippen LogP contribution is -2.29. The molecule has 2 rings (SSSR count). The Morgan fingerprint density at radius 2 is 2.07 bits per heavy atom. The molecule has 0 radical (unpaired) electrons. The summed E-state index contributed by atoms with van der Waals surface area (Å²) < 4.78 is 1.96. The van der Waals surface area contributed by atoms with Crippen LogP contribution in [0, 0.1) is 0 Å². The Morgan fingerprint density at radius 1 is 1.33 bits per heavy atom. The van der Waals surface area contributed by atoms with Gasteiger partial charge in [0.2, 0.25) is 0 Å². The van der Waals surface area contributed by atoms with Crippen molar-refractivity contribution < 1.29 is 0 Å². The SMILES string of the molecule is Cn1nc(N2CCCCC2)cc1CCN. The first-order chi connectivity index (χ1) is 7.31. The van der Waals surface area contributed by atoms with E-state index in [0.29, 0.717) is 6.54 Å². The summed E-state index contributed by atoms with van der Waals surface area (Å²) in [5.74, 6) is 1.13. The van der Waals surface area contributed by atoms with E-state index in [1.807, 2.05) is 11.7 Å². The summed E-state index contributed by atoms with van der Waals surface area (Å²) in [6.45, 7) is 3.00. The largest absolute Gasteiger partial charge is 0.355 e. The van der Waals surface area contributed by atoms with Crippen LogP contribution in [0.5, 0.6) is 0 Å². The molecule has 0 amide bonds. The highest BCUT2D eigenvalue weighted by atomic mass is 15.3. The maximum Gasteiger partial charge on any atom is 0.150 e. The smallest absolute Gasteiger partial charge is 0.150 e. The fourth-order valence-electron chi connectivity index (χ4n) is 2.15. The van der Waals surface area contributed by atoms with Gasteiger partial charge in [0.25, 0.3) is 0 Å². The molecular weight excluding hydrogens is 188 g/mol. The molecule has 1 aromatic heterocycles. The van der Waals surface area contributed by atoms with E-state index in [-0.39, 0.29) is 0 Å². The Kier molecular flexibility index (Phi) is 3.26. The van der Waals surface area contributed by atoms with Gasteiger partial charge >= 0.3 is 0 Å². The van der Waals surface area contributed by atoms with E-state index in [1.54, 1.807) is 0 Å². The first-order valence-corrected chi connectivity index (χ1v) is 5.79. The molecule has 1 aliphatic heterocycles. The Labute approximate surface area is 91.1 Å². The molecule has 0 aliphatic carbocycles. The zero-order valence-electron chi connectivity index (χ0n) is 9.45. The van der Waals surface area contributed by atoms with Gasteiger partial charge in [-0.25, -0.2) is 0 Å². The molecule has 1 aromatic rings. The van der Waals surface area contributed by atoms with Crippen molar-refractivity contribution in [1.82, 2.24) is 9.78 Å². The molecule has 0 spiro atoms. The van der Waals surface area contributed by atoms with Gasteiger partial charge in [0.1, 0.15) is 0 Å². The van der Waals surface area contributed by atoms with E-state index in [4.69, 9.17) is 5.73 Å². The van der Waals surface area contributed by atoms with Crippen molar-refractivity contribution in [2.24, 2.45) is 12.8 Å². The maximum atomic E-state index is 5.56. The van der Waals surface area contributed by atoms with Gasteiger partial charge in [0, 0.05) is 38.3 Å². The van der Waals surface area contributed by atoms with E-state index < -0.39 is 0 Å². The van der Waals surface area contributed by atoms with E-state index in [9.17, 15) is 0 Å². The van der Waals surface area contributed by atoms with Crippen LogP contribution in [-0.4, -0.2) is 29.4 Å². The van der Waals surface area contributed by atoms with Gasteiger partial charge < -0.3 is 10.6 Å². The van der Waals surface area contributed by atoms with Gasteiger partial charge in [-0.15, -0.1) is 0 Å². The lowest BCUT2D eigenvalue weighted by atomic mass is 10.1. The molecule has 1 saturated heterocycles. The van der Waals surface area contributed by atoms with Gasteiger partial charge in [0.05, 0.1) is 0 Å². The minimum Gasteiger partial charge on any atom is -0.355 e. The van der Waals surface area contributed by atoms with E-state index >= 15 is 0 Å². The number of piperidine rings is 1. The summed E-state index contributed by atoms with van der Waals surface area (Å²) in [6.07, 6.45) is 4.86. The molecule has 1 aliphatic rings. The molecule has 1 fully saturated rings. The number of anilines is 1. The summed E-state index contributed by atoms with van der Waals surface area (Å²) in [6, 6.07) is 2.18. The zero-order valence-corrected chi connectivity index (χ0v) is 9.45. The van der Waals surface area contributed by atoms with Crippen LogP contribution in [0.25, 0.3) is 0 Å². The van der Waals surface area contributed by atoms with Gasteiger partial charge in [-0.1, -0.05) is 0 Å². The molecule has 0 saturated carbocycles. The molecule has 84 valence electrons. The molecular formula is C11H20N4. The van der Waals surface area contributed by atoms with Crippen LogP contribution in [0.3, 0.4) is 0 Å². The number of aromatic nitrogens is 2. The van der Waals surface area contributed by atoms with Crippen LogP contribution >= 0.6 is 0 Å². The second kappa shape index (κ2) is 4.66. The first kappa shape index (κ1) is 10.5. The maximum absolute atomic E-state index is 5.56. The number of nitrogens with two attached hydrogens (primary N) is 1. The topological polar surface area (TPSA) is 47.1 Å². The Hall–Kier alpha value is -1.03. The minimum atomic E-state index is 0.693. The van der Waals surface area contributed by atoms with E-state index in [0.717, 1.165) is 25.3 Å². The number of aryl methyl sites for hydroxylation is 1. The van der Waals surface area contributed by atoms with Crippen LogP contribution in [-0.2, 0) is 13.5 Å². The summed E-state index contributed by atoms with van der Waals surface area (Å²) in [4.78, 5) is 2.38. The number of nitrogens with zero attached hydrogens (tertiary/aromatic N) is 3. The molecule has 0 aromatic carbocycles. The molecule has 0 bridgehead atoms. The third-order valence-electron chi connectivity index (χ3n) is 3.04. The number of hydrogen-bond donors (Lipinski definition) is 1. The van der Waals surface area contributed by atoms with Crippen molar-refractivity contribution in [3.8, 4) is 0 Å². The van der Waals surface area contributed by atoms with Crippen molar-refractivity contribution in [2.75, 3.05) is 24.5 Å². The molecule has 4 nitrogen and oxygen atoms in total. The van der Waals surface area contributed by atoms with Gasteiger partial charge in [-0.05, 0) is 25.8 Å².